The van der Waals surface area contributed by atoms with Gasteiger partial charge in [-0.15, -0.1) is 0 Å². The van der Waals surface area contributed by atoms with Crippen molar-refractivity contribution in [1.82, 2.24) is 0 Å². The van der Waals surface area contributed by atoms with Crippen LogP contribution in [-0.2, 0) is 0 Å². The molecule has 0 saturated heterocycles. The largest absolute Gasteiger partial charge is 0.872 e. The van der Waals surface area contributed by atoms with Gasteiger partial charge in [-0.25, -0.2) is 0 Å². The van der Waals surface area contributed by atoms with Crippen LogP contribution in [0, 0.1) is 5.39 Å². The van der Waals surface area contributed by atoms with Crippen LogP contribution < -0.4 is 9.84 Å². The molecular weight excluding hydrogens is 264 g/mol. The van der Waals surface area contributed by atoms with Crippen molar-refractivity contribution in [3.63, 3.8) is 0 Å². The molecule has 0 radical (unpaired) electrons. The number of hydrogen-bond donors (Lipinski definition) is 0. The van der Waals surface area contributed by atoms with Crippen molar-refractivity contribution in [2.24, 2.45) is 0 Å². The molecule has 104 valence electrons. The molecule has 0 bridgehead atoms. The number of diazo groups is 1. The Hall–Kier alpha value is -2.80. The Bertz CT molecular complexity index is 866. The quantitative estimate of drug-likeness (QED) is 0.529. The van der Waals surface area contributed by atoms with E-state index in [1.165, 1.54) is 0 Å². The zero-order valence-electron chi connectivity index (χ0n) is 11.7. The second kappa shape index (κ2) is 5.29. The van der Waals surface area contributed by atoms with Crippen molar-refractivity contribution in [2.75, 3.05) is 6.61 Å². The number of benzene rings is 3. The number of hydrogen-bond acceptors (Lipinski definition) is 3. The number of fused-ring (bicyclic) bond motifs is 2. The fourth-order valence-electron chi connectivity index (χ4n) is 2.57. The van der Waals surface area contributed by atoms with Gasteiger partial charge in [-0.3, -0.25) is 0 Å². The predicted octanol–water partition coefficient (Wildman–Crippen LogP) is 4.34. The Balaban J connectivity index is 2.46. The zero-order valence-corrected chi connectivity index (χ0v) is 11.7. The highest BCUT2D eigenvalue weighted by Crippen LogP contribution is 2.44. The number of ether oxygens (including phenoxy) is 1. The summed E-state index contributed by atoms with van der Waals surface area (Å²) >= 11 is 0. The minimum atomic E-state index is -0.0741. The molecule has 0 saturated carbocycles. The second-order valence-electron chi connectivity index (χ2n) is 4.85. The van der Waals surface area contributed by atoms with Crippen molar-refractivity contribution in [3.8, 4) is 11.5 Å². The monoisotopic (exact) mass is 278 g/mol. The van der Waals surface area contributed by atoms with Crippen LogP contribution in [0.1, 0.15) is 13.3 Å². The summed E-state index contributed by atoms with van der Waals surface area (Å²) in [6.45, 7) is 2.56. The molecule has 0 heterocycles. The third kappa shape index (κ3) is 2.03. The molecule has 4 heteroatoms. The molecule has 0 N–H and O–H groups in total. The van der Waals surface area contributed by atoms with E-state index in [1.54, 1.807) is 36.4 Å². The van der Waals surface area contributed by atoms with E-state index in [0.717, 1.165) is 6.42 Å². The van der Waals surface area contributed by atoms with Gasteiger partial charge in [-0.2, -0.15) is 0 Å². The normalized spacial score (nSPS) is 10.7. The molecule has 0 aromatic heterocycles. The first kappa shape index (κ1) is 13.2. The van der Waals surface area contributed by atoms with Crippen molar-refractivity contribution < 1.29 is 9.84 Å². The summed E-state index contributed by atoms with van der Waals surface area (Å²) < 4.78 is 5.70. The third-order valence-corrected chi connectivity index (χ3v) is 3.50. The van der Waals surface area contributed by atoms with E-state index in [9.17, 15) is 10.5 Å². The van der Waals surface area contributed by atoms with Crippen LogP contribution in [0.3, 0.4) is 0 Å². The van der Waals surface area contributed by atoms with E-state index in [0.29, 0.717) is 39.6 Å². The molecule has 3 aromatic rings. The zero-order chi connectivity index (χ0) is 14.8. The van der Waals surface area contributed by atoms with Crippen LogP contribution in [0.25, 0.3) is 26.5 Å². The lowest BCUT2D eigenvalue weighted by molar-refractivity contribution is -0.263. The summed E-state index contributed by atoms with van der Waals surface area (Å²) in [5, 5.41) is 24.3. The first-order valence-corrected chi connectivity index (χ1v) is 6.90. The highest BCUT2D eigenvalue weighted by atomic mass is 16.5. The van der Waals surface area contributed by atoms with Crippen LogP contribution in [0.4, 0.5) is 5.69 Å². The molecule has 0 aliphatic heterocycles. The molecule has 4 nitrogen and oxygen atoms in total. The average Bonchev–Trinajstić information content (AvgIpc) is 2.54. The van der Waals surface area contributed by atoms with Crippen LogP contribution in [-0.4, -0.2) is 6.61 Å². The van der Waals surface area contributed by atoms with Gasteiger partial charge in [0.2, 0.25) is 5.39 Å². The standard InChI is InChI=1S/C17H14N2O2/c1-2-10-21-14-9-5-8-13-15(14)16(19-18)11-6-3-4-7-12(11)17(13)20/h3-9H,2,10H2,1H3. The van der Waals surface area contributed by atoms with E-state index in [1.807, 2.05) is 13.0 Å². The van der Waals surface area contributed by atoms with E-state index in [4.69, 9.17) is 4.74 Å². The van der Waals surface area contributed by atoms with Crippen molar-refractivity contribution in [1.29, 1.82) is 5.39 Å². The summed E-state index contributed by atoms with van der Waals surface area (Å²) in [4.78, 5) is 3.42. The lowest BCUT2D eigenvalue weighted by Gasteiger charge is -2.15. The van der Waals surface area contributed by atoms with Crippen LogP contribution in [0.15, 0.2) is 42.5 Å². The van der Waals surface area contributed by atoms with Crippen LogP contribution >= 0.6 is 0 Å². The first-order chi connectivity index (χ1) is 10.3. The van der Waals surface area contributed by atoms with Gasteiger partial charge in [-0.1, -0.05) is 43.0 Å². The van der Waals surface area contributed by atoms with E-state index < -0.39 is 0 Å². The van der Waals surface area contributed by atoms with Crippen molar-refractivity contribution >= 4 is 27.2 Å². The predicted molar refractivity (Wildman–Crippen MR) is 81.4 cm³/mol. The molecule has 3 rings (SSSR count). The van der Waals surface area contributed by atoms with Gasteiger partial charge < -0.3 is 9.84 Å². The second-order valence-corrected chi connectivity index (χ2v) is 4.85. The maximum Gasteiger partial charge on any atom is 0.404 e. The highest BCUT2D eigenvalue weighted by molar-refractivity contribution is 6.17. The Morgan fingerprint density at radius 1 is 1.05 bits per heavy atom. The average molecular weight is 278 g/mol. The van der Waals surface area contributed by atoms with E-state index in [2.05, 4.69) is 4.98 Å². The fourth-order valence-corrected chi connectivity index (χ4v) is 2.57. The van der Waals surface area contributed by atoms with Crippen molar-refractivity contribution in [2.45, 2.75) is 13.3 Å². The van der Waals surface area contributed by atoms with Gasteiger partial charge in [0.25, 0.3) is 0 Å². The smallest absolute Gasteiger partial charge is 0.404 e. The Kier molecular flexibility index (Phi) is 3.33. The molecular formula is C17H14N2O2. The van der Waals surface area contributed by atoms with Crippen LogP contribution in [0.2, 0.25) is 0 Å². The Morgan fingerprint density at radius 3 is 2.48 bits per heavy atom. The molecule has 0 fully saturated rings. The Labute approximate surface area is 122 Å². The molecule has 0 amide bonds. The van der Waals surface area contributed by atoms with Crippen molar-refractivity contribution in [3.05, 3.63) is 47.4 Å². The topological polar surface area (TPSA) is 60.4 Å². The molecule has 3 aromatic carbocycles. The van der Waals surface area contributed by atoms with Gasteiger partial charge in [0.15, 0.2) is 4.98 Å². The number of rotatable bonds is 3. The first-order valence-electron chi connectivity index (χ1n) is 6.90. The molecule has 21 heavy (non-hydrogen) atoms. The SMILES string of the molecule is CCCOc1cccc2c([O-])c3ccccc3c([N+]#N)c12. The Morgan fingerprint density at radius 2 is 1.76 bits per heavy atom. The maximum absolute atomic E-state index is 12.6. The third-order valence-electron chi connectivity index (χ3n) is 3.50. The summed E-state index contributed by atoms with van der Waals surface area (Å²) in [5.41, 5.74) is 0.381. The van der Waals surface area contributed by atoms with Gasteiger partial charge >= 0.3 is 5.69 Å². The summed E-state index contributed by atoms with van der Waals surface area (Å²) in [6.07, 6.45) is 0.861. The lowest BCUT2D eigenvalue weighted by atomic mass is 9.99. The summed E-state index contributed by atoms with van der Waals surface area (Å²) in [7, 11) is 0. The minimum absolute atomic E-state index is 0.0741. The summed E-state index contributed by atoms with van der Waals surface area (Å²) in [6, 6.07) is 12.4. The maximum atomic E-state index is 12.6. The number of nitrogens with zero attached hydrogens (tertiary/aromatic N) is 2. The summed E-state index contributed by atoms with van der Waals surface area (Å²) in [5.74, 6) is 0.500. The highest BCUT2D eigenvalue weighted by Gasteiger charge is 2.22. The van der Waals surface area contributed by atoms with E-state index >= 15 is 0 Å². The molecule has 0 spiro atoms. The van der Waals surface area contributed by atoms with Gasteiger partial charge in [-0.05, 0) is 29.3 Å². The molecule has 0 aliphatic rings. The van der Waals surface area contributed by atoms with E-state index in [-0.39, 0.29) is 5.75 Å². The molecule has 0 atom stereocenters. The van der Waals surface area contributed by atoms with Gasteiger partial charge in [0, 0.05) is 0 Å². The molecule has 0 unspecified atom stereocenters. The lowest BCUT2D eigenvalue weighted by Crippen LogP contribution is -1.98. The van der Waals surface area contributed by atoms with Gasteiger partial charge in [0.05, 0.1) is 12.0 Å². The fraction of sp³-hybridized carbons (Fsp3) is 0.176. The van der Waals surface area contributed by atoms with Gasteiger partial charge in [0.1, 0.15) is 11.1 Å². The molecule has 0 aliphatic carbocycles. The minimum Gasteiger partial charge on any atom is -0.872 e. The van der Waals surface area contributed by atoms with Crippen LogP contribution in [0.5, 0.6) is 11.5 Å².